The molecule has 136 valence electrons. The molecule has 1 aromatic heterocycles. The second-order valence-corrected chi connectivity index (χ2v) is 7.50. The molecule has 0 spiro atoms. The smallest absolute Gasteiger partial charge is 0.228 e. The molecule has 0 radical (unpaired) electrons. The second kappa shape index (κ2) is 6.65. The van der Waals surface area contributed by atoms with Crippen molar-refractivity contribution in [1.82, 2.24) is 14.9 Å². The van der Waals surface area contributed by atoms with Gasteiger partial charge in [-0.05, 0) is 30.5 Å². The lowest BCUT2D eigenvalue weighted by Crippen LogP contribution is -2.47. The van der Waals surface area contributed by atoms with E-state index in [1.54, 1.807) is 0 Å². The molecule has 6 rings (SSSR count). The van der Waals surface area contributed by atoms with Crippen molar-refractivity contribution in [2.75, 3.05) is 18.0 Å². The minimum Gasteiger partial charge on any atom is -0.352 e. The first-order chi connectivity index (χ1) is 13.3. The molecule has 1 amide bonds. The van der Waals surface area contributed by atoms with Gasteiger partial charge in [-0.1, -0.05) is 42.5 Å². The van der Waals surface area contributed by atoms with E-state index in [1.807, 2.05) is 48.7 Å². The van der Waals surface area contributed by atoms with E-state index < -0.39 is 0 Å². The summed E-state index contributed by atoms with van der Waals surface area (Å²) in [5.74, 6) is 1.20. The van der Waals surface area contributed by atoms with E-state index in [4.69, 9.17) is 4.98 Å². The number of piperidine rings is 1. The number of para-hydroxylation sites is 2. The Hall–Kier alpha value is -2.95. The number of benzene rings is 2. The van der Waals surface area contributed by atoms with Gasteiger partial charge in [0.05, 0.1) is 23.1 Å². The Bertz CT molecular complexity index is 974. The Balaban J connectivity index is 1.43. The highest BCUT2D eigenvalue weighted by molar-refractivity contribution is 5.82. The fraction of sp³-hybridized carbons (Fsp3) is 0.318. The van der Waals surface area contributed by atoms with Crippen LogP contribution in [0.15, 0.2) is 60.8 Å². The molecule has 5 nitrogen and oxygen atoms in total. The van der Waals surface area contributed by atoms with Gasteiger partial charge in [0.15, 0.2) is 0 Å². The van der Waals surface area contributed by atoms with E-state index in [-0.39, 0.29) is 17.9 Å². The van der Waals surface area contributed by atoms with Crippen LogP contribution in [0, 0.1) is 5.92 Å². The van der Waals surface area contributed by atoms with Gasteiger partial charge in [0.25, 0.3) is 0 Å². The van der Waals surface area contributed by atoms with Gasteiger partial charge in [-0.3, -0.25) is 9.78 Å². The van der Waals surface area contributed by atoms with Gasteiger partial charge in [0, 0.05) is 25.7 Å². The number of aromatic nitrogens is 2. The topological polar surface area (TPSA) is 49.3 Å². The maximum absolute atomic E-state index is 13.1. The molecule has 2 atom stereocenters. The summed E-state index contributed by atoms with van der Waals surface area (Å²) >= 11 is 0. The lowest BCUT2D eigenvalue weighted by atomic mass is 9.93. The largest absolute Gasteiger partial charge is 0.352 e. The summed E-state index contributed by atoms with van der Waals surface area (Å²) in [7, 11) is 0. The first kappa shape index (κ1) is 16.2. The summed E-state index contributed by atoms with van der Waals surface area (Å²) in [6.07, 6.45) is 3.87. The predicted molar refractivity (Wildman–Crippen MR) is 105 cm³/mol. The Morgan fingerprint density at radius 1 is 0.926 bits per heavy atom. The monoisotopic (exact) mass is 358 g/mol. The van der Waals surface area contributed by atoms with Gasteiger partial charge >= 0.3 is 0 Å². The molecule has 0 aliphatic carbocycles. The SMILES string of the molecule is O=C1[C@H]2CC[C@H](CN(c3cnc4ccccc4n3)C2)N1Cc1ccccc1. The number of carbonyl (C=O) groups excluding carboxylic acids is 1. The first-order valence-electron chi connectivity index (χ1n) is 9.59. The van der Waals surface area contributed by atoms with Crippen LogP contribution in [-0.4, -0.2) is 39.9 Å². The molecule has 2 aromatic carbocycles. The lowest BCUT2D eigenvalue weighted by Gasteiger charge is -2.36. The van der Waals surface area contributed by atoms with E-state index in [0.717, 1.165) is 42.8 Å². The van der Waals surface area contributed by atoms with E-state index in [1.165, 1.54) is 5.56 Å². The third-order valence-corrected chi connectivity index (χ3v) is 5.75. The Labute approximate surface area is 158 Å². The average molecular weight is 358 g/mol. The van der Waals surface area contributed by atoms with E-state index in [2.05, 4.69) is 26.9 Å². The summed E-state index contributed by atoms with van der Waals surface area (Å²) in [5.41, 5.74) is 3.00. The van der Waals surface area contributed by atoms with Crippen molar-refractivity contribution in [1.29, 1.82) is 0 Å². The molecular weight excluding hydrogens is 336 g/mol. The number of hydrogen-bond donors (Lipinski definition) is 0. The van der Waals surface area contributed by atoms with Crippen LogP contribution in [0.3, 0.4) is 0 Å². The third-order valence-electron chi connectivity index (χ3n) is 5.75. The molecule has 27 heavy (non-hydrogen) atoms. The van der Waals surface area contributed by atoms with Crippen LogP contribution < -0.4 is 4.90 Å². The second-order valence-electron chi connectivity index (χ2n) is 7.50. The number of anilines is 1. The molecule has 3 saturated heterocycles. The summed E-state index contributed by atoms with van der Waals surface area (Å²) in [6, 6.07) is 18.4. The van der Waals surface area contributed by atoms with Crippen molar-refractivity contribution >= 4 is 22.8 Å². The molecule has 0 unspecified atom stereocenters. The third kappa shape index (κ3) is 3.03. The van der Waals surface area contributed by atoms with Crippen molar-refractivity contribution in [3.63, 3.8) is 0 Å². The van der Waals surface area contributed by atoms with Gasteiger partial charge < -0.3 is 9.80 Å². The average Bonchev–Trinajstić information content (AvgIpc) is 3.01. The van der Waals surface area contributed by atoms with Crippen LogP contribution in [0.1, 0.15) is 18.4 Å². The molecular formula is C22H22N4O. The maximum Gasteiger partial charge on any atom is 0.228 e. The van der Waals surface area contributed by atoms with Crippen LogP contribution in [-0.2, 0) is 11.3 Å². The highest BCUT2D eigenvalue weighted by atomic mass is 16.2. The molecule has 0 saturated carbocycles. The minimum absolute atomic E-state index is 0.0423. The highest BCUT2D eigenvalue weighted by Gasteiger charge is 2.41. The quantitative estimate of drug-likeness (QED) is 0.721. The van der Waals surface area contributed by atoms with Crippen LogP contribution in [0.2, 0.25) is 0 Å². The molecule has 3 aliphatic rings. The highest BCUT2D eigenvalue weighted by Crippen LogP contribution is 2.32. The van der Waals surface area contributed by atoms with Gasteiger partial charge in [0.1, 0.15) is 5.82 Å². The zero-order chi connectivity index (χ0) is 18.2. The molecule has 4 heterocycles. The lowest BCUT2D eigenvalue weighted by molar-refractivity contribution is -0.140. The van der Waals surface area contributed by atoms with Crippen LogP contribution >= 0.6 is 0 Å². The van der Waals surface area contributed by atoms with Crippen molar-refractivity contribution in [2.24, 2.45) is 5.92 Å². The van der Waals surface area contributed by atoms with Crippen molar-refractivity contribution in [3.05, 3.63) is 66.4 Å². The van der Waals surface area contributed by atoms with Crippen LogP contribution in [0.4, 0.5) is 5.82 Å². The standard InChI is InChI=1S/C22H22N4O/c27-22-17-10-11-18(26(22)13-16-6-2-1-3-7-16)15-25(14-17)21-12-23-19-8-4-5-9-20(19)24-21/h1-9,12,17-18H,10-11,13-15H2/t17-,18+/m0/s1. The van der Waals surface area contributed by atoms with E-state index in [9.17, 15) is 4.79 Å². The first-order valence-corrected chi connectivity index (χ1v) is 9.59. The normalized spacial score (nSPS) is 22.3. The van der Waals surface area contributed by atoms with E-state index >= 15 is 0 Å². The van der Waals surface area contributed by atoms with Crippen molar-refractivity contribution in [2.45, 2.75) is 25.4 Å². The number of fused-ring (bicyclic) bond motifs is 5. The Morgan fingerprint density at radius 2 is 1.70 bits per heavy atom. The number of hydrogen-bond acceptors (Lipinski definition) is 4. The van der Waals surface area contributed by atoms with Gasteiger partial charge in [0.2, 0.25) is 5.91 Å². The number of rotatable bonds is 3. The number of carbonyl (C=O) groups is 1. The Morgan fingerprint density at radius 3 is 2.56 bits per heavy atom. The summed E-state index contributed by atoms with van der Waals surface area (Å²) in [4.78, 5) is 26.8. The van der Waals surface area contributed by atoms with Gasteiger partial charge in [-0.15, -0.1) is 0 Å². The minimum atomic E-state index is 0.0423. The molecule has 3 aliphatic heterocycles. The fourth-order valence-corrected chi connectivity index (χ4v) is 4.32. The summed E-state index contributed by atoms with van der Waals surface area (Å²) in [5, 5.41) is 0. The van der Waals surface area contributed by atoms with Gasteiger partial charge in [-0.25, -0.2) is 4.98 Å². The number of amides is 1. The zero-order valence-corrected chi connectivity index (χ0v) is 15.2. The molecule has 2 bridgehead atoms. The summed E-state index contributed by atoms with van der Waals surface area (Å²) < 4.78 is 0. The van der Waals surface area contributed by atoms with Gasteiger partial charge in [-0.2, -0.15) is 0 Å². The van der Waals surface area contributed by atoms with Crippen LogP contribution in [0.25, 0.3) is 11.0 Å². The van der Waals surface area contributed by atoms with Crippen molar-refractivity contribution < 1.29 is 4.79 Å². The maximum atomic E-state index is 13.1. The predicted octanol–water partition coefficient (Wildman–Crippen LogP) is 3.26. The van der Waals surface area contributed by atoms with Crippen molar-refractivity contribution in [3.8, 4) is 0 Å². The van der Waals surface area contributed by atoms with Crippen LogP contribution in [0.5, 0.6) is 0 Å². The Kier molecular flexibility index (Phi) is 4.00. The fourth-order valence-electron chi connectivity index (χ4n) is 4.32. The molecule has 0 N–H and O–H groups in total. The molecule has 5 heteroatoms. The number of nitrogens with zero attached hydrogens (tertiary/aromatic N) is 4. The summed E-state index contributed by atoms with van der Waals surface area (Å²) in [6.45, 7) is 2.24. The zero-order valence-electron chi connectivity index (χ0n) is 15.2. The molecule has 3 aromatic rings. The van der Waals surface area contributed by atoms with E-state index in [0.29, 0.717) is 6.54 Å². The molecule has 3 fully saturated rings.